The van der Waals surface area contributed by atoms with Crippen LogP contribution in [0.25, 0.3) is 10.8 Å². The molecule has 0 unspecified atom stereocenters. The number of hydrogen-bond acceptors (Lipinski definition) is 6. The van der Waals surface area contributed by atoms with Crippen molar-refractivity contribution in [2.24, 2.45) is 0 Å². The number of aliphatic carboxylic acids is 1. The smallest absolute Gasteiger partial charge is 0.349 e. The lowest BCUT2D eigenvalue weighted by molar-refractivity contribution is -0.157. The molecular weight excluding hydrogens is 533 g/mol. The Hall–Kier alpha value is -4.40. The average molecular weight is 552 g/mol. The maximum absolute atomic E-state index is 13.4. The fraction of sp³-hybridized carbons (Fsp3) is 0.0714. The molecular formula is C28H19Cl2NO7. The highest BCUT2D eigenvalue weighted by Crippen LogP contribution is 2.24. The van der Waals surface area contributed by atoms with E-state index in [0.29, 0.717) is 21.1 Å². The minimum Gasteiger partial charge on any atom is -0.478 e. The average Bonchev–Trinajstić information content (AvgIpc) is 2.91. The summed E-state index contributed by atoms with van der Waals surface area (Å²) in [6.45, 7) is 0. The molecule has 0 fully saturated rings. The van der Waals surface area contributed by atoms with E-state index in [1.54, 1.807) is 24.3 Å². The summed E-state index contributed by atoms with van der Waals surface area (Å²) in [7, 11) is 0. The zero-order valence-corrected chi connectivity index (χ0v) is 21.0. The monoisotopic (exact) mass is 551 g/mol. The van der Waals surface area contributed by atoms with Gasteiger partial charge in [0.25, 0.3) is 5.91 Å². The van der Waals surface area contributed by atoms with Crippen LogP contribution in [0.15, 0.2) is 91.0 Å². The van der Waals surface area contributed by atoms with Crippen molar-refractivity contribution in [2.75, 3.05) is 5.32 Å². The quantitative estimate of drug-likeness (QED) is 0.272. The summed E-state index contributed by atoms with van der Waals surface area (Å²) in [6, 6.07) is 23.3. The van der Waals surface area contributed by atoms with Crippen molar-refractivity contribution < 1.29 is 33.8 Å². The Labute approximate surface area is 226 Å². The molecule has 0 aliphatic heterocycles. The molecule has 2 atom stereocenters. The summed E-state index contributed by atoms with van der Waals surface area (Å²) < 4.78 is 10.5. The third-order valence-electron chi connectivity index (χ3n) is 5.45. The van der Waals surface area contributed by atoms with E-state index < -0.39 is 36.0 Å². The number of anilines is 1. The first-order chi connectivity index (χ1) is 18.2. The SMILES string of the molecule is O=C(O[C@H](C(=O)Nc1cccc2ccccc12)[C@@H](OC(=O)c1ccc(Cl)cc1)C(=O)O)c1ccc(Cl)cc1. The van der Waals surface area contributed by atoms with Crippen LogP contribution < -0.4 is 5.32 Å². The molecule has 4 rings (SSSR count). The molecule has 2 N–H and O–H groups in total. The van der Waals surface area contributed by atoms with Gasteiger partial charge in [0.05, 0.1) is 11.1 Å². The molecule has 0 spiro atoms. The van der Waals surface area contributed by atoms with Gasteiger partial charge in [0.2, 0.25) is 12.2 Å². The van der Waals surface area contributed by atoms with Gasteiger partial charge in [0.15, 0.2) is 0 Å². The molecule has 0 aliphatic carbocycles. The Kier molecular flexibility index (Phi) is 8.25. The lowest BCUT2D eigenvalue weighted by Crippen LogP contribution is -2.48. The number of carbonyl (C=O) groups is 4. The first-order valence-corrected chi connectivity index (χ1v) is 11.9. The summed E-state index contributed by atoms with van der Waals surface area (Å²) in [5.74, 6) is -4.79. The van der Waals surface area contributed by atoms with Crippen LogP contribution in [-0.2, 0) is 19.1 Å². The van der Waals surface area contributed by atoms with E-state index in [-0.39, 0.29) is 11.1 Å². The molecule has 0 heterocycles. The summed E-state index contributed by atoms with van der Waals surface area (Å²) in [5.41, 5.74) is 0.331. The van der Waals surface area contributed by atoms with E-state index in [1.807, 2.05) is 18.2 Å². The van der Waals surface area contributed by atoms with Gasteiger partial charge in [-0.15, -0.1) is 0 Å². The fourth-order valence-corrected chi connectivity index (χ4v) is 3.82. The molecule has 38 heavy (non-hydrogen) atoms. The van der Waals surface area contributed by atoms with Crippen LogP contribution in [-0.4, -0.2) is 41.1 Å². The van der Waals surface area contributed by atoms with Crippen LogP contribution in [0.3, 0.4) is 0 Å². The van der Waals surface area contributed by atoms with Crippen LogP contribution in [0.2, 0.25) is 10.0 Å². The number of benzene rings is 4. The lowest BCUT2D eigenvalue weighted by atomic mass is 10.1. The molecule has 0 saturated heterocycles. The van der Waals surface area contributed by atoms with Crippen LogP contribution in [0.4, 0.5) is 5.69 Å². The Morgan fingerprint density at radius 1 is 0.658 bits per heavy atom. The van der Waals surface area contributed by atoms with Gasteiger partial charge in [-0.25, -0.2) is 14.4 Å². The van der Waals surface area contributed by atoms with Crippen molar-refractivity contribution in [3.63, 3.8) is 0 Å². The molecule has 0 bridgehead atoms. The molecule has 0 aromatic heterocycles. The zero-order valence-electron chi connectivity index (χ0n) is 19.5. The number of esters is 2. The maximum atomic E-state index is 13.4. The second-order valence-corrected chi connectivity index (χ2v) is 8.89. The highest BCUT2D eigenvalue weighted by molar-refractivity contribution is 6.31. The summed E-state index contributed by atoms with van der Waals surface area (Å²) in [5, 5.41) is 14.7. The second-order valence-electron chi connectivity index (χ2n) is 8.02. The number of halogens is 2. The predicted molar refractivity (Wildman–Crippen MR) is 142 cm³/mol. The van der Waals surface area contributed by atoms with Crippen molar-refractivity contribution in [3.05, 3.63) is 112 Å². The largest absolute Gasteiger partial charge is 0.478 e. The van der Waals surface area contributed by atoms with Crippen molar-refractivity contribution in [1.82, 2.24) is 0 Å². The number of ether oxygens (including phenoxy) is 2. The predicted octanol–water partition coefficient (Wildman–Crippen LogP) is 5.62. The highest BCUT2D eigenvalue weighted by Gasteiger charge is 2.41. The van der Waals surface area contributed by atoms with E-state index in [2.05, 4.69) is 5.32 Å². The molecule has 10 heteroatoms. The number of nitrogens with one attached hydrogen (secondary N) is 1. The van der Waals surface area contributed by atoms with Crippen LogP contribution in [0.1, 0.15) is 20.7 Å². The molecule has 0 aliphatic rings. The molecule has 8 nitrogen and oxygen atoms in total. The third-order valence-corrected chi connectivity index (χ3v) is 5.96. The number of carbonyl (C=O) groups excluding carboxylic acids is 3. The standard InChI is InChI=1S/C28H19Cl2NO7/c29-19-12-8-17(9-13-19)27(35)37-23(24(26(33)34)38-28(36)18-10-14-20(30)15-11-18)25(32)31-22-7-3-5-16-4-1-2-6-21(16)22/h1-15,23-24H,(H,31,32)(H,33,34)/t23-,24+/m0/s1. The van der Waals surface area contributed by atoms with Gasteiger partial charge in [-0.2, -0.15) is 0 Å². The summed E-state index contributed by atoms with van der Waals surface area (Å²) in [4.78, 5) is 51.2. The van der Waals surface area contributed by atoms with Crippen molar-refractivity contribution in [1.29, 1.82) is 0 Å². The van der Waals surface area contributed by atoms with E-state index in [0.717, 1.165) is 5.39 Å². The first-order valence-electron chi connectivity index (χ1n) is 11.2. The van der Waals surface area contributed by atoms with Gasteiger partial charge >= 0.3 is 17.9 Å². The van der Waals surface area contributed by atoms with Crippen molar-refractivity contribution in [2.45, 2.75) is 12.2 Å². The van der Waals surface area contributed by atoms with Crippen molar-refractivity contribution in [3.8, 4) is 0 Å². The Bertz CT molecular complexity index is 1500. The van der Waals surface area contributed by atoms with E-state index >= 15 is 0 Å². The summed E-state index contributed by atoms with van der Waals surface area (Å²) >= 11 is 11.7. The maximum Gasteiger partial charge on any atom is 0.349 e. The second kappa shape index (κ2) is 11.8. The normalized spacial score (nSPS) is 12.3. The highest BCUT2D eigenvalue weighted by atomic mass is 35.5. The zero-order chi connectivity index (χ0) is 27.2. The van der Waals surface area contributed by atoms with Gasteiger partial charge in [-0.1, -0.05) is 59.6 Å². The molecule has 192 valence electrons. The van der Waals surface area contributed by atoms with Gasteiger partial charge < -0.3 is 19.9 Å². The molecule has 4 aromatic rings. The summed E-state index contributed by atoms with van der Waals surface area (Å²) in [6.07, 6.45) is -4.23. The third kappa shape index (κ3) is 6.29. The van der Waals surface area contributed by atoms with Gasteiger partial charge in [-0.05, 0) is 60.0 Å². The number of carboxylic acids is 1. The number of amides is 1. The minimum atomic E-state index is -2.18. The number of carboxylic acid groups (broad SMARTS) is 1. The van der Waals surface area contributed by atoms with Crippen LogP contribution in [0, 0.1) is 0 Å². The Morgan fingerprint density at radius 3 is 1.71 bits per heavy atom. The van der Waals surface area contributed by atoms with Crippen LogP contribution in [0.5, 0.6) is 0 Å². The Morgan fingerprint density at radius 2 is 1.16 bits per heavy atom. The number of hydrogen-bond donors (Lipinski definition) is 2. The molecule has 4 aromatic carbocycles. The Balaban J connectivity index is 1.66. The fourth-order valence-electron chi connectivity index (χ4n) is 3.57. The minimum absolute atomic E-state index is 0.00512. The number of fused-ring (bicyclic) bond motifs is 1. The van der Waals surface area contributed by atoms with E-state index in [1.165, 1.54) is 48.5 Å². The first kappa shape index (κ1) is 26.7. The molecule has 1 amide bonds. The lowest BCUT2D eigenvalue weighted by Gasteiger charge is -2.24. The van der Waals surface area contributed by atoms with E-state index in [4.69, 9.17) is 32.7 Å². The van der Waals surface area contributed by atoms with E-state index in [9.17, 15) is 24.3 Å². The molecule has 0 radical (unpaired) electrons. The van der Waals surface area contributed by atoms with Crippen LogP contribution >= 0.6 is 23.2 Å². The molecule has 0 saturated carbocycles. The van der Waals surface area contributed by atoms with Gasteiger partial charge in [-0.3, -0.25) is 4.79 Å². The number of rotatable bonds is 8. The van der Waals surface area contributed by atoms with Gasteiger partial charge in [0.1, 0.15) is 0 Å². The van der Waals surface area contributed by atoms with Crippen molar-refractivity contribution >= 4 is 63.5 Å². The topological polar surface area (TPSA) is 119 Å². The van der Waals surface area contributed by atoms with Gasteiger partial charge in [0, 0.05) is 21.1 Å².